The van der Waals surface area contributed by atoms with Crippen molar-refractivity contribution >= 4 is 46.6 Å². The maximum Gasteiger partial charge on any atom is 0.337 e. The van der Waals surface area contributed by atoms with Gasteiger partial charge in [0.15, 0.2) is 0 Å². The molecule has 0 spiro atoms. The first-order valence-corrected chi connectivity index (χ1v) is 11.5. The van der Waals surface area contributed by atoms with E-state index in [-0.39, 0.29) is 51.4 Å². The fourth-order valence-electron chi connectivity index (χ4n) is 4.06. The number of para-hydroxylation sites is 2. The summed E-state index contributed by atoms with van der Waals surface area (Å²) in [6, 6.07) is 21.5. The van der Waals surface area contributed by atoms with Gasteiger partial charge in [0.2, 0.25) is 0 Å². The Hall–Kier alpha value is -5.64. The lowest BCUT2D eigenvalue weighted by Crippen LogP contribution is -2.08. The van der Waals surface area contributed by atoms with Crippen LogP contribution in [0.2, 0.25) is 0 Å². The Bertz CT molecular complexity index is 1490. The van der Waals surface area contributed by atoms with Crippen molar-refractivity contribution in [1.29, 1.82) is 0 Å². The van der Waals surface area contributed by atoms with Crippen LogP contribution in [-0.2, 0) is 6.42 Å². The third kappa shape index (κ3) is 6.03. The molecule has 4 rings (SSSR count). The lowest BCUT2D eigenvalue weighted by Gasteiger charge is -2.15. The molecule has 6 N–H and O–H groups in total. The number of benzene rings is 4. The number of carboxylic acid groups (broad SMARTS) is 4. The quantitative estimate of drug-likeness (QED) is 0.154. The zero-order valence-corrected chi connectivity index (χ0v) is 20.2. The van der Waals surface area contributed by atoms with Gasteiger partial charge in [0.25, 0.3) is 0 Å². The lowest BCUT2D eigenvalue weighted by molar-refractivity contribution is 0.0686. The number of anilines is 4. The number of rotatable bonds is 10. The van der Waals surface area contributed by atoms with E-state index in [0.717, 1.165) is 0 Å². The highest BCUT2D eigenvalue weighted by Gasteiger charge is 2.17. The molecule has 196 valence electrons. The van der Waals surface area contributed by atoms with E-state index in [1.54, 1.807) is 36.4 Å². The Kier molecular flexibility index (Phi) is 7.57. The SMILES string of the molecule is O=C(O)c1ccccc1Nc1ccc(Cc2ccc(Nc3ccccc3C(=O)O)c(C(=O)O)c2)cc1C(=O)O. The molecule has 10 nitrogen and oxygen atoms in total. The van der Waals surface area contributed by atoms with Crippen molar-refractivity contribution in [2.24, 2.45) is 0 Å². The minimum Gasteiger partial charge on any atom is -0.478 e. The largest absolute Gasteiger partial charge is 0.478 e. The normalized spacial score (nSPS) is 10.5. The molecule has 39 heavy (non-hydrogen) atoms. The summed E-state index contributed by atoms with van der Waals surface area (Å²) in [7, 11) is 0. The van der Waals surface area contributed by atoms with Gasteiger partial charge in [-0.2, -0.15) is 0 Å². The second kappa shape index (κ2) is 11.2. The average Bonchev–Trinajstić information content (AvgIpc) is 2.90. The van der Waals surface area contributed by atoms with Gasteiger partial charge in [-0.25, -0.2) is 19.2 Å². The van der Waals surface area contributed by atoms with Crippen molar-refractivity contribution in [3.05, 3.63) is 118 Å². The summed E-state index contributed by atoms with van der Waals surface area (Å²) in [5.41, 5.74) is 1.82. The zero-order valence-electron chi connectivity index (χ0n) is 20.2. The Morgan fingerprint density at radius 3 is 1.15 bits per heavy atom. The molecule has 0 bridgehead atoms. The second-order valence-corrected chi connectivity index (χ2v) is 8.50. The summed E-state index contributed by atoms with van der Waals surface area (Å²) in [6.07, 6.45) is 0.207. The highest BCUT2D eigenvalue weighted by atomic mass is 16.4. The molecule has 0 saturated carbocycles. The van der Waals surface area contributed by atoms with Gasteiger partial charge in [-0.05, 0) is 66.1 Å². The lowest BCUT2D eigenvalue weighted by atomic mass is 9.99. The van der Waals surface area contributed by atoms with Crippen LogP contribution in [0.15, 0.2) is 84.9 Å². The van der Waals surface area contributed by atoms with Crippen molar-refractivity contribution in [3.63, 3.8) is 0 Å². The van der Waals surface area contributed by atoms with Crippen LogP contribution >= 0.6 is 0 Å². The monoisotopic (exact) mass is 526 g/mol. The van der Waals surface area contributed by atoms with Gasteiger partial charge in [0.1, 0.15) is 0 Å². The van der Waals surface area contributed by atoms with E-state index >= 15 is 0 Å². The van der Waals surface area contributed by atoms with Crippen LogP contribution in [0, 0.1) is 0 Å². The van der Waals surface area contributed by atoms with Crippen LogP contribution in [0.25, 0.3) is 0 Å². The third-order valence-corrected chi connectivity index (χ3v) is 5.89. The molecular formula is C29H22N2O8. The molecule has 4 aromatic carbocycles. The van der Waals surface area contributed by atoms with Gasteiger partial charge in [0.05, 0.1) is 45.0 Å². The Labute approximate surface area is 221 Å². The second-order valence-electron chi connectivity index (χ2n) is 8.50. The summed E-state index contributed by atoms with van der Waals surface area (Å²) < 4.78 is 0. The predicted octanol–water partition coefficient (Wildman–Crippen LogP) is 5.56. The van der Waals surface area contributed by atoms with Crippen LogP contribution in [0.4, 0.5) is 22.7 Å². The van der Waals surface area contributed by atoms with Crippen molar-refractivity contribution in [3.8, 4) is 0 Å². The van der Waals surface area contributed by atoms with Crippen LogP contribution in [0.1, 0.15) is 52.6 Å². The van der Waals surface area contributed by atoms with Crippen molar-refractivity contribution < 1.29 is 39.6 Å². The van der Waals surface area contributed by atoms with E-state index in [2.05, 4.69) is 10.6 Å². The smallest absolute Gasteiger partial charge is 0.337 e. The molecular weight excluding hydrogens is 504 g/mol. The standard InChI is InChI=1S/C29H22N2O8/c32-26(33)18-5-1-3-7-22(18)30-24-11-9-16(14-20(24)28(36)37)13-17-10-12-25(21(15-17)29(38)39)31-23-8-4-2-6-19(23)27(34)35/h1-12,14-15,30-31H,13H2,(H,32,33)(H,34,35)(H,36,37)(H,38,39). The first-order valence-electron chi connectivity index (χ1n) is 11.5. The number of hydrogen-bond donors (Lipinski definition) is 6. The van der Waals surface area contributed by atoms with Gasteiger partial charge in [-0.15, -0.1) is 0 Å². The minimum atomic E-state index is -1.23. The van der Waals surface area contributed by atoms with Gasteiger partial charge < -0.3 is 31.1 Å². The van der Waals surface area contributed by atoms with Gasteiger partial charge in [-0.3, -0.25) is 0 Å². The highest BCUT2D eigenvalue weighted by Crippen LogP contribution is 2.28. The molecule has 0 heterocycles. The Morgan fingerprint density at radius 1 is 0.462 bits per heavy atom. The molecule has 0 aliphatic rings. The molecule has 4 aromatic rings. The van der Waals surface area contributed by atoms with Gasteiger partial charge in [-0.1, -0.05) is 36.4 Å². The maximum atomic E-state index is 12.0. The minimum absolute atomic E-state index is 0.0150. The number of hydrogen-bond acceptors (Lipinski definition) is 6. The van der Waals surface area contributed by atoms with E-state index in [4.69, 9.17) is 0 Å². The molecule has 0 saturated heterocycles. The summed E-state index contributed by atoms with van der Waals surface area (Å²) in [5.74, 6) is -4.78. The topological polar surface area (TPSA) is 173 Å². The molecule has 0 aromatic heterocycles. The fraction of sp³-hybridized carbons (Fsp3) is 0.0345. The zero-order chi connectivity index (χ0) is 28.1. The van der Waals surface area contributed by atoms with E-state index < -0.39 is 23.9 Å². The molecule has 0 radical (unpaired) electrons. The highest BCUT2D eigenvalue weighted by molar-refractivity contribution is 6.00. The van der Waals surface area contributed by atoms with Gasteiger partial charge in [0, 0.05) is 0 Å². The van der Waals surface area contributed by atoms with Gasteiger partial charge >= 0.3 is 23.9 Å². The molecule has 0 unspecified atom stereocenters. The summed E-state index contributed by atoms with van der Waals surface area (Å²) in [4.78, 5) is 47.0. The number of carbonyl (C=O) groups is 4. The molecule has 0 aliphatic heterocycles. The van der Waals surface area contributed by atoms with Crippen LogP contribution in [0.5, 0.6) is 0 Å². The molecule has 0 fully saturated rings. The molecule has 10 heteroatoms. The summed E-state index contributed by atoms with van der Waals surface area (Å²) in [5, 5.41) is 44.1. The molecule has 0 atom stereocenters. The van der Waals surface area contributed by atoms with Crippen LogP contribution in [0.3, 0.4) is 0 Å². The maximum absolute atomic E-state index is 12.0. The summed E-state index contributed by atoms with van der Waals surface area (Å²) in [6.45, 7) is 0. The van der Waals surface area contributed by atoms with Crippen molar-refractivity contribution in [1.82, 2.24) is 0 Å². The number of nitrogens with one attached hydrogen (secondary N) is 2. The van der Waals surface area contributed by atoms with Crippen LogP contribution in [-0.4, -0.2) is 44.3 Å². The first kappa shape index (κ1) is 26.4. The van der Waals surface area contributed by atoms with Crippen LogP contribution < -0.4 is 10.6 Å². The predicted molar refractivity (Wildman–Crippen MR) is 143 cm³/mol. The molecule has 0 amide bonds. The van der Waals surface area contributed by atoms with E-state index in [1.165, 1.54) is 48.5 Å². The molecule has 0 aliphatic carbocycles. The third-order valence-electron chi connectivity index (χ3n) is 5.89. The van der Waals surface area contributed by atoms with Crippen molar-refractivity contribution in [2.75, 3.05) is 10.6 Å². The van der Waals surface area contributed by atoms with E-state index in [9.17, 15) is 39.6 Å². The number of carboxylic acids is 4. The average molecular weight is 527 g/mol. The summed E-state index contributed by atoms with van der Waals surface area (Å²) >= 11 is 0. The van der Waals surface area contributed by atoms with E-state index in [0.29, 0.717) is 11.1 Å². The Balaban J connectivity index is 1.62. The Morgan fingerprint density at radius 2 is 0.795 bits per heavy atom. The van der Waals surface area contributed by atoms with Crippen molar-refractivity contribution in [2.45, 2.75) is 6.42 Å². The number of aromatic carboxylic acids is 4. The fourth-order valence-corrected chi connectivity index (χ4v) is 4.06. The van der Waals surface area contributed by atoms with E-state index in [1.807, 2.05) is 0 Å². The first-order chi connectivity index (χ1) is 18.6.